The minimum absolute atomic E-state index is 0.208. The summed E-state index contributed by atoms with van der Waals surface area (Å²) in [5.74, 6) is 0.371. The molecule has 2 heterocycles. The van der Waals surface area contributed by atoms with E-state index in [2.05, 4.69) is 15.6 Å². The summed E-state index contributed by atoms with van der Waals surface area (Å²) < 4.78 is 5.75. The molecule has 0 radical (unpaired) electrons. The third-order valence-electron chi connectivity index (χ3n) is 5.34. The number of carbonyl (C=O) groups excluding carboxylic acids is 2. The second-order valence-corrected chi connectivity index (χ2v) is 8.82. The average molecular weight is 462 g/mol. The van der Waals surface area contributed by atoms with Crippen molar-refractivity contribution in [2.24, 2.45) is 0 Å². The summed E-state index contributed by atoms with van der Waals surface area (Å²) in [4.78, 5) is 29.5. The summed E-state index contributed by atoms with van der Waals surface area (Å²) in [6.45, 7) is 2.98. The first kappa shape index (κ1) is 22.6. The van der Waals surface area contributed by atoms with E-state index in [-0.39, 0.29) is 11.8 Å². The predicted molar refractivity (Wildman–Crippen MR) is 132 cm³/mol. The molecule has 3 N–H and O–H groups in total. The van der Waals surface area contributed by atoms with Gasteiger partial charge in [0.25, 0.3) is 5.91 Å². The highest BCUT2D eigenvalue weighted by Gasteiger charge is 2.23. The molecule has 4 aromatic rings. The molecule has 2 amide bonds. The number of hydrogen-bond donors (Lipinski definition) is 3. The summed E-state index contributed by atoms with van der Waals surface area (Å²) >= 11 is 1.35. The molecule has 4 rings (SSSR count). The second-order valence-electron chi connectivity index (χ2n) is 7.88. The standard InChI is InChI=1S/C26H27N3O3S/c1-18-7-4-8-20(15-18)32-13-6-12-27-25(30)23(29-26(31)24-11-5-14-33-24)16-19-17-28-22-10-3-2-9-21(19)22/h2-5,7-11,14-15,17,23,28H,6,12-13,16H2,1H3,(H,27,30)(H,29,31)/t23-/m0/s1. The third-order valence-corrected chi connectivity index (χ3v) is 6.21. The number of ether oxygens (including phenoxy) is 1. The van der Waals surface area contributed by atoms with Crippen molar-refractivity contribution < 1.29 is 14.3 Å². The Hall–Kier alpha value is -3.58. The fraction of sp³-hybridized carbons (Fsp3) is 0.231. The number of aryl methyl sites for hydroxylation is 1. The topological polar surface area (TPSA) is 83.2 Å². The lowest BCUT2D eigenvalue weighted by Gasteiger charge is -2.18. The van der Waals surface area contributed by atoms with Gasteiger partial charge in [-0.25, -0.2) is 0 Å². The molecule has 2 aromatic carbocycles. The van der Waals surface area contributed by atoms with Gasteiger partial charge in [-0.05, 0) is 54.1 Å². The Morgan fingerprint density at radius 2 is 1.97 bits per heavy atom. The van der Waals surface area contributed by atoms with Gasteiger partial charge in [-0.3, -0.25) is 9.59 Å². The number of amides is 2. The molecule has 0 bridgehead atoms. The van der Waals surface area contributed by atoms with Gasteiger partial charge in [0.2, 0.25) is 5.91 Å². The van der Waals surface area contributed by atoms with Crippen molar-refractivity contribution in [2.75, 3.05) is 13.2 Å². The monoisotopic (exact) mass is 461 g/mol. The van der Waals surface area contributed by atoms with Crippen LogP contribution in [0.2, 0.25) is 0 Å². The van der Waals surface area contributed by atoms with Gasteiger partial charge in [0.1, 0.15) is 11.8 Å². The SMILES string of the molecule is Cc1cccc(OCCCNC(=O)[C@H](Cc2c[nH]c3ccccc23)NC(=O)c2cccs2)c1. The van der Waals surface area contributed by atoms with E-state index < -0.39 is 6.04 Å². The first-order valence-corrected chi connectivity index (χ1v) is 11.8. The van der Waals surface area contributed by atoms with Crippen LogP contribution in [0.25, 0.3) is 10.9 Å². The number of carbonyl (C=O) groups is 2. The summed E-state index contributed by atoms with van der Waals surface area (Å²) in [6.07, 6.45) is 2.96. The zero-order valence-corrected chi connectivity index (χ0v) is 19.3. The average Bonchev–Trinajstić information content (AvgIpc) is 3.49. The molecule has 33 heavy (non-hydrogen) atoms. The van der Waals surface area contributed by atoms with Crippen LogP contribution in [-0.4, -0.2) is 36.0 Å². The van der Waals surface area contributed by atoms with Crippen LogP contribution >= 0.6 is 11.3 Å². The number of fused-ring (bicyclic) bond motifs is 1. The largest absolute Gasteiger partial charge is 0.494 e. The Bertz CT molecular complexity index is 1220. The molecule has 0 saturated carbocycles. The molecule has 0 spiro atoms. The number of H-pyrrole nitrogens is 1. The van der Waals surface area contributed by atoms with Gasteiger partial charge >= 0.3 is 0 Å². The molecule has 170 valence electrons. The predicted octanol–water partition coefficient (Wildman–Crippen LogP) is 4.46. The first-order valence-electron chi connectivity index (χ1n) is 11.0. The van der Waals surface area contributed by atoms with Crippen LogP contribution in [0.4, 0.5) is 0 Å². The van der Waals surface area contributed by atoms with Gasteiger partial charge in [-0.2, -0.15) is 0 Å². The van der Waals surface area contributed by atoms with Crippen molar-refractivity contribution in [2.45, 2.75) is 25.8 Å². The maximum absolute atomic E-state index is 13.0. The van der Waals surface area contributed by atoms with Crippen molar-refractivity contribution in [3.8, 4) is 5.75 Å². The fourth-order valence-corrected chi connectivity index (χ4v) is 4.30. The van der Waals surface area contributed by atoms with Crippen LogP contribution in [0, 0.1) is 6.92 Å². The molecule has 7 heteroatoms. The molecular weight excluding hydrogens is 434 g/mol. The fourth-order valence-electron chi connectivity index (χ4n) is 3.67. The lowest BCUT2D eigenvalue weighted by Crippen LogP contribution is -2.48. The minimum Gasteiger partial charge on any atom is -0.494 e. The highest BCUT2D eigenvalue weighted by atomic mass is 32.1. The summed E-state index contributed by atoms with van der Waals surface area (Å²) in [6, 6.07) is 18.7. The number of para-hydroxylation sites is 1. The maximum atomic E-state index is 13.0. The highest BCUT2D eigenvalue weighted by molar-refractivity contribution is 7.12. The quantitative estimate of drug-likeness (QED) is 0.305. The van der Waals surface area contributed by atoms with E-state index in [0.29, 0.717) is 30.9 Å². The van der Waals surface area contributed by atoms with Gasteiger partial charge in [0, 0.05) is 30.1 Å². The molecule has 2 aromatic heterocycles. The highest BCUT2D eigenvalue weighted by Crippen LogP contribution is 2.19. The Balaban J connectivity index is 1.36. The third kappa shape index (κ3) is 6.02. The van der Waals surface area contributed by atoms with E-state index in [0.717, 1.165) is 27.8 Å². The molecule has 0 aliphatic heterocycles. The summed E-state index contributed by atoms with van der Waals surface area (Å²) in [5.41, 5.74) is 3.13. The zero-order chi connectivity index (χ0) is 23.0. The van der Waals surface area contributed by atoms with Crippen LogP contribution in [0.15, 0.2) is 72.2 Å². The van der Waals surface area contributed by atoms with Crippen LogP contribution in [0.1, 0.15) is 27.2 Å². The van der Waals surface area contributed by atoms with E-state index >= 15 is 0 Å². The van der Waals surface area contributed by atoms with E-state index in [4.69, 9.17) is 4.74 Å². The Morgan fingerprint density at radius 1 is 1.09 bits per heavy atom. The molecule has 0 saturated heterocycles. The number of nitrogens with one attached hydrogen (secondary N) is 3. The number of aromatic amines is 1. The molecule has 0 aliphatic carbocycles. The van der Waals surface area contributed by atoms with E-state index in [1.165, 1.54) is 11.3 Å². The second kappa shape index (κ2) is 10.8. The molecule has 0 fully saturated rings. The van der Waals surface area contributed by atoms with Crippen molar-refractivity contribution in [3.05, 3.63) is 88.2 Å². The molecule has 0 unspecified atom stereocenters. The van der Waals surface area contributed by atoms with Gasteiger partial charge in [-0.1, -0.05) is 36.4 Å². The molecule has 6 nitrogen and oxygen atoms in total. The van der Waals surface area contributed by atoms with Gasteiger partial charge in [0.05, 0.1) is 11.5 Å². The summed E-state index contributed by atoms with van der Waals surface area (Å²) in [5, 5.41) is 8.75. The van der Waals surface area contributed by atoms with Crippen molar-refractivity contribution in [1.82, 2.24) is 15.6 Å². The lowest BCUT2D eigenvalue weighted by molar-refractivity contribution is -0.122. The Labute approximate surface area is 197 Å². The van der Waals surface area contributed by atoms with Crippen molar-refractivity contribution in [1.29, 1.82) is 0 Å². The number of hydrogen-bond acceptors (Lipinski definition) is 4. The van der Waals surface area contributed by atoms with Gasteiger partial charge in [-0.15, -0.1) is 11.3 Å². The van der Waals surface area contributed by atoms with E-state index in [9.17, 15) is 9.59 Å². The van der Waals surface area contributed by atoms with Crippen LogP contribution in [-0.2, 0) is 11.2 Å². The number of benzene rings is 2. The van der Waals surface area contributed by atoms with Crippen molar-refractivity contribution >= 4 is 34.1 Å². The molecule has 1 atom stereocenters. The first-order chi connectivity index (χ1) is 16.1. The normalized spacial score (nSPS) is 11.8. The zero-order valence-electron chi connectivity index (χ0n) is 18.5. The maximum Gasteiger partial charge on any atom is 0.262 e. The van der Waals surface area contributed by atoms with Gasteiger partial charge < -0.3 is 20.4 Å². The number of rotatable bonds is 10. The number of aromatic nitrogens is 1. The van der Waals surface area contributed by atoms with E-state index in [1.54, 1.807) is 6.07 Å². The smallest absolute Gasteiger partial charge is 0.262 e. The van der Waals surface area contributed by atoms with Crippen molar-refractivity contribution in [3.63, 3.8) is 0 Å². The van der Waals surface area contributed by atoms with E-state index in [1.807, 2.05) is 73.1 Å². The van der Waals surface area contributed by atoms with Crippen LogP contribution < -0.4 is 15.4 Å². The molecule has 0 aliphatic rings. The molecular formula is C26H27N3O3S. The lowest BCUT2D eigenvalue weighted by atomic mass is 10.0. The van der Waals surface area contributed by atoms with Gasteiger partial charge in [0.15, 0.2) is 0 Å². The Kier molecular flexibility index (Phi) is 7.42. The minimum atomic E-state index is -0.684. The summed E-state index contributed by atoms with van der Waals surface area (Å²) in [7, 11) is 0. The van der Waals surface area contributed by atoms with Crippen LogP contribution in [0.5, 0.6) is 5.75 Å². The van der Waals surface area contributed by atoms with Crippen LogP contribution in [0.3, 0.4) is 0 Å². The number of thiophene rings is 1. The Morgan fingerprint density at radius 3 is 2.79 bits per heavy atom.